The molecule has 0 fully saturated rings. The van der Waals surface area contributed by atoms with Gasteiger partial charge in [-0.25, -0.2) is 0 Å². The van der Waals surface area contributed by atoms with E-state index in [4.69, 9.17) is 27.9 Å². The molecule has 0 saturated carbocycles. The van der Waals surface area contributed by atoms with Crippen LogP contribution in [-0.2, 0) is 26.5 Å². The Hall–Kier alpha value is 1.63. The van der Waals surface area contributed by atoms with Crippen molar-refractivity contribution in [2.24, 2.45) is 0 Å². The van der Waals surface area contributed by atoms with E-state index in [9.17, 15) is 0 Å². The molecule has 0 saturated heterocycles. The van der Waals surface area contributed by atoms with Crippen LogP contribution in [0.1, 0.15) is 27.7 Å². The van der Waals surface area contributed by atoms with Crippen molar-refractivity contribution in [2.75, 3.05) is 0 Å². The summed E-state index contributed by atoms with van der Waals surface area (Å²) in [6.45, 7) is 8.98. The zero-order valence-electron chi connectivity index (χ0n) is 10.0. The third kappa shape index (κ3) is 3.81. The van der Waals surface area contributed by atoms with Crippen LogP contribution < -0.4 is 0 Å². The van der Waals surface area contributed by atoms with Gasteiger partial charge in [-0.05, 0) is 54.8 Å². The Morgan fingerprint density at radius 1 is 1.06 bits per heavy atom. The molecule has 0 aromatic rings. The molecule has 2 aliphatic rings. The normalized spacial score (nSPS) is 22.9. The van der Waals surface area contributed by atoms with Crippen LogP contribution in [-0.4, -0.2) is 5.25 Å². The second-order valence-electron chi connectivity index (χ2n) is 3.97. The van der Waals surface area contributed by atoms with E-state index in [1.807, 2.05) is 0 Å². The number of halogens is 4. The van der Waals surface area contributed by atoms with Crippen LogP contribution >= 0.6 is 43.8 Å². The Labute approximate surface area is 133 Å². The number of hydrogen-bond acceptors (Lipinski definition) is 0. The fraction of sp³-hybridized carbons (Fsp3) is 0.455. The zero-order valence-corrected chi connectivity index (χ0v) is 16.3. The average molecular weight is 412 g/mol. The van der Waals surface area contributed by atoms with Gasteiger partial charge >= 0.3 is 42.6 Å². The molecule has 17 heavy (non-hydrogen) atoms. The van der Waals surface area contributed by atoms with Crippen molar-refractivity contribution in [3.63, 3.8) is 0 Å². The van der Waals surface area contributed by atoms with Gasteiger partial charge in [0, 0.05) is 22.9 Å². The van der Waals surface area contributed by atoms with Gasteiger partial charge in [0.25, 0.3) is 0 Å². The van der Waals surface area contributed by atoms with Gasteiger partial charge in [0.15, 0.2) is 10.2 Å². The van der Waals surface area contributed by atoms with Crippen LogP contribution in [0.4, 0.5) is 0 Å². The second-order valence-corrected chi connectivity index (χ2v) is 14.0. The van der Waals surface area contributed by atoms with Crippen LogP contribution in [0.15, 0.2) is 31.7 Å². The van der Waals surface area contributed by atoms with Gasteiger partial charge in [0.1, 0.15) is 0 Å². The van der Waals surface area contributed by atoms with Gasteiger partial charge in [0.2, 0.25) is 0 Å². The third-order valence-electron chi connectivity index (χ3n) is 3.02. The SMILES string of the molecule is CC1=C(C)C2=C(Br)C(C)[SH+]C2=C1C.[Cl][Ti]([Cl])[Cl]. The summed E-state index contributed by atoms with van der Waals surface area (Å²) < 4.78 is 1.40. The summed E-state index contributed by atoms with van der Waals surface area (Å²) in [5, 5.41) is 0.656. The fourth-order valence-electron chi connectivity index (χ4n) is 1.92. The summed E-state index contributed by atoms with van der Waals surface area (Å²) >= 11 is 3.27. The van der Waals surface area contributed by atoms with Crippen molar-refractivity contribution in [1.29, 1.82) is 0 Å². The van der Waals surface area contributed by atoms with Crippen molar-refractivity contribution in [1.82, 2.24) is 0 Å². The van der Waals surface area contributed by atoms with Gasteiger partial charge in [-0.2, -0.15) is 0 Å². The molecule has 1 heterocycles. The Kier molecular flexibility index (Phi) is 6.75. The molecule has 1 atom stereocenters. The molecule has 0 aromatic heterocycles. The number of allylic oxidation sites excluding steroid dienone is 4. The van der Waals surface area contributed by atoms with E-state index in [0.29, 0.717) is 5.25 Å². The second kappa shape index (κ2) is 6.88. The van der Waals surface area contributed by atoms with Gasteiger partial charge in [0.05, 0.1) is 4.48 Å². The topological polar surface area (TPSA) is 0 Å². The maximum absolute atomic E-state index is 4.97. The molecule has 0 radical (unpaired) electrons. The van der Waals surface area contributed by atoms with Gasteiger partial charge in [-0.15, -0.1) is 0 Å². The van der Waals surface area contributed by atoms with E-state index in [1.54, 1.807) is 4.91 Å². The predicted molar refractivity (Wildman–Crippen MR) is 82.8 cm³/mol. The zero-order chi connectivity index (χ0) is 13.3. The van der Waals surface area contributed by atoms with E-state index in [-0.39, 0.29) is 0 Å². The van der Waals surface area contributed by atoms with E-state index in [1.165, 1.54) is 38.5 Å². The molecule has 1 unspecified atom stereocenters. The van der Waals surface area contributed by atoms with E-state index < -0.39 is 14.7 Å². The first-order chi connectivity index (χ1) is 7.77. The summed E-state index contributed by atoms with van der Waals surface area (Å²) in [6.07, 6.45) is 0. The fourth-order valence-corrected chi connectivity index (χ4v) is 4.29. The van der Waals surface area contributed by atoms with Gasteiger partial charge < -0.3 is 0 Å². The van der Waals surface area contributed by atoms with Crippen LogP contribution in [0.5, 0.6) is 0 Å². The molecule has 95 valence electrons. The van der Waals surface area contributed by atoms with Crippen molar-refractivity contribution in [2.45, 2.75) is 32.9 Å². The average Bonchev–Trinajstić information content (AvgIpc) is 2.61. The van der Waals surface area contributed by atoms with Crippen molar-refractivity contribution < 1.29 is 14.7 Å². The molecule has 0 amide bonds. The van der Waals surface area contributed by atoms with Crippen molar-refractivity contribution in [3.8, 4) is 0 Å². The molecule has 6 heteroatoms. The molecule has 0 N–H and O–H groups in total. The Balaban J connectivity index is 0.000000317. The number of thiol groups is 1. The minimum absolute atomic E-state index is 0.656. The number of hydrogen-bond donors (Lipinski definition) is 0. The monoisotopic (exact) mass is 410 g/mol. The molecule has 1 aliphatic heterocycles. The van der Waals surface area contributed by atoms with Gasteiger partial charge in [-0.3, -0.25) is 0 Å². The third-order valence-corrected chi connectivity index (χ3v) is 5.92. The Morgan fingerprint density at radius 2 is 1.53 bits per heavy atom. The van der Waals surface area contributed by atoms with E-state index >= 15 is 0 Å². The molecule has 1 aliphatic carbocycles. The Morgan fingerprint density at radius 3 is 1.94 bits per heavy atom. The van der Waals surface area contributed by atoms with Gasteiger partial charge in [-0.1, -0.05) is 0 Å². The molecule has 2 rings (SSSR count). The Bertz CT molecular complexity index is 424. The standard InChI is InChI=1S/C11H13BrS.3ClH.Ti/c1-5-6(2)9-10(12)8(4)13-11(9)7(5)3;;;;/h8H,1-4H3;3*1H;/q;;;;+3/p-2. The summed E-state index contributed by atoms with van der Waals surface area (Å²) in [6, 6.07) is 0. The molecular weight excluding hydrogens is 398 g/mol. The summed E-state index contributed by atoms with van der Waals surface area (Å²) in [4.78, 5) is 1.55. The van der Waals surface area contributed by atoms with E-state index in [2.05, 4.69) is 43.6 Å². The first-order valence-electron chi connectivity index (χ1n) is 5.10. The predicted octanol–water partition coefficient (Wildman–Crippen LogP) is 5.54. The maximum atomic E-state index is 4.97. The first kappa shape index (κ1) is 16.7. The molecule has 0 aromatic carbocycles. The van der Waals surface area contributed by atoms with Crippen LogP contribution in [0.2, 0.25) is 0 Å². The number of rotatable bonds is 0. The summed E-state index contributed by atoms with van der Waals surface area (Å²) in [7, 11) is 14.9. The van der Waals surface area contributed by atoms with Crippen LogP contribution in [0.25, 0.3) is 0 Å². The molecule has 0 nitrogen and oxygen atoms in total. The number of fused-ring (bicyclic) bond motifs is 1. The van der Waals surface area contributed by atoms with Crippen molar-refractivity contribution >= 4 is 55.6 Å². The molecular formula is C11H14BrCl3STi+. The van der Waals surface area contributed by atoms with Crippen LogP contribution in [0.3, 0.4) is 0 Å². The summed E-state index contributed by atoms with van der Waals surface area (Å²) in [5.74, 6) is 0. The molecule has 0 bridgehead atoms. The minimum atomic E-state index is -1.92. The first-order valence-corrected chi connectivity index (χ1v) is 13.3. The van der Waals surface area contributed by atoms with Crippen LogP contribution in [0, 0.1) is 0 Å². The molecule has 0 spiro atoms. The quantitative estimate of drug-likeness (QED) is 0.278. The van der Waals surface area contributed by atoms with E-state index in [0.717, 1.165) is 0 Å². The van der Waals surface area contributed by atoms with Crippen molar-refractivity contribution in [3.05, 3.63) is 31.7 Å². The summed E-state index contributed by atoms with van der Waals surface area (Å²) in [5.41, 5.74) is 5.93.